The van der Waals surface area contributed by atoms with Gasteiger partial charge >= 0.3 is 5.97 Å². The number of alkyl halides is 1. The minimum Gasteiger partial charge on any atom is -0.591 e. The lowest BCUT2D eigenvalue weighted by Gasteiger charge is -2.23. The van der Waals surface area contributed by atoms with Gasteiger partial charge in [-0.25, -0.2) is 4.79 Å². The highest BCUT2D eigenvalue weighted by Gasteiger charge is 2.36. The summed E-state index contributed by atoms with van der Waals surface area (Å²) >= 11 is -1.70. The van der Waals surface area contributed by atoms with E-state index in [9.17, 15) is 13.7 Å². The molecular formula is C10H18FNO3S. The summed E-state index contributed by atoms with van der Waals surface area (Å²) in [6.07, 6.45) is 0. The van der Waals surface area contributed by atoms with E-state index < -0.39 is 34.2 Å². The largest absolute Gasteiger partial charge is 0.591 e. The van der Waals surface area contributed by atoms with Crippen LogP contribution in [0.25, 0.3) is 0 Å². The number of rotatable bonds is 4. The van der Waals surface area contributed by atoms with Crippen LogP contribution in [0.1, 0.15) is 34.6 Å². The van der Waals surface area contributed by atoms with Crippen molar-refractivity contribution in [3.63, 3.8) is 0 Å². The molecular weight excluding hydrogens is 233 g/mol. The van der Waals surface area contributed by atoms with Crippen molar-refractivity contribution in [2.75, 3.05) is 6.67 Å². The number of aliphatic carboxylic acids is 1. The van der Waals surface area contributed by atoms with Crippen LogP contribution >= 0.6 is 0 Å². The van der Waals surface area contributed by atoms with Crippen molar-refractivity contribution in [1.29, 1.82) is 0 Å². The average molecular weight is 251 g/mol. The molecule has 94 valence electrons. The van der Waals surface area contributed by atoms with E-state index >= 15 is 0 Å². The topological polar surface area (TPSA) is 72.7 Å². The van der Waals surface area contributed by atoms with E-state index in [1.165, 1.54) is 13.8 Å². The summed E-state index contributed by atoms with van der Waals surface area (Å²) in [6, 6.07) is 0. The smallest absolute Gasteiger partial charge is 0.355 e. The third kappa shape index (κ3) is 4.09. The Bertz CT molecular complexity index is 297. The van der Waals surface area contributed by atoms with Crippen LogP contribution in [0, 0.1) is 5.41 Å². The van der Waals surface area contributed by atoms with Gasteiger partial charge in [0, 0.05) is 5.41 Å². The van der Waals surface area contributed by atoms with E-state index in [-0.39, 0.29) is 5.71 Å². The molecule has 0 aromatic heterocycles. The van der Waals surface area contributed by atoms with Gasteiger partial charge in [-0.1, -0.05) is 18.2 Å². The van der Waals surface area contributed by atoms with Crippen LogP contribution in [-0.2, 0) is 16.2 Å². The van der Waals surface area contributed by atoms with Crippen molar-refractivity contribution in [3.8, 4) is 0 Å². The molecule has 0 spiro atoms. The Morgan fingerprint density at radius 2 is 1.81 bits per heavy atom. The van der Waals surface area contributed by atoms with Gasteiger partial charge in [0.05, 0.1) is 0 Å². The Labute approximate surface area is 98.3 Å². The van der Waals surface area contributed by atoms with Crippen molar-refractivity contribution in [2.45, 2.75) is 39.4 Å². The minimum atomic E-state index is -1.70. The first-order valence-electron chi connectivity index (χ1n) is 4.83. The van der Waals surface area contributed by atoms with Gasteiger partial charge in [-0.3, -0.25) is 4.39 Å². The molecule has 0 saturated heterocycles. The first kappa shape index (κ1) is 15.4. The molecule has 1 N–H and O–H groups in total. The van der Waals surface area contributed by atoms with Crippen LogP contribution in [0.2, 0.25) is 0 Å². The van der Waals surface area contributed by atoms with Crippen molar-refractivity contribution >= 4 is 23.0 Å². The first-order chi connectivity index (χ1) is 7.02. The average Bonchev–Trinajstić information content (AvgIpc) is 2.11. The normalized spacial score (nSPS) is 16.1. The number of carbonyl (C=O) groups is 1. The lowest BCUT2D eigenvalue weighted by atomic mass is 9.89. The molecule has 0 aliphatic heterocycles. The molecule has 0 fully saturated rings. The summed E-state index contributed by atoms with van der Waals surface area (Å²) in [6.45, 7) is 7.00. The Morgan fingerprint density at radius 1 is 1.38 bits per heavy atom. The number of carboxylic acids is 1. The predicted octanol–water partition coefficient (Wildman–Crippen LogP) is 1.97. The van der Waals surface area contributed by atoms with Crippen LogP contribution in [0.15, 0.2) is 4.40 Å². The molecule has 0 aromatic rings. The molecule has 0 amide bonds. The zero-order chi connectivity index (χ0) is 13.1. The second-order valence-corrected chi connectivity index (χ2v) is 7.03. The monoisotopic (exact) mass is 251 g/mol. The summed E-state index contributed by atoms with van der Waals surface area (Å²) in [4.78, 5) is 10.9. The summed E-state index contributed by atoms with van der Waals surface area (Å²) in [7, 11) is 0. The molecule has 0 aromatic carbocycles. The Balaban J connectivity index is 5.24. The molecule has 0 aliphatic carbocycles. The summed E-state index contributed by atoms with van der Waals surface area (Å²) in [5.74, 6) is -1.33. The molecule has 0 heterocycles. The zero-order valence-electron chi connectivity index (χ0n) is 10.2. The maximum atomic E-state index is 12.7. The van der Waals surface area contributed by atoms with Gasteiger partial charge < -0.3 is 9.66 Å². The van der Waals surface area contributed by atoms with Crippen molar-refractivity contribution < 1.29 is 18.8 Å². The summed E-state index contributed by atoms with van der Waals surface area (Å²) in [5, 5.41) is 8.92. The number of carboxylic acid groups (broad SMARTS) is 1. The van der Waals surface area contributed by atoms with E-state index in [1.54, 1.807) is 20.8 Å². The van der Waals surface area contributed by atoms with Gasteiger partial charge in [-0.2, -0.15) is 0 Å². The Hall–Kier alpha value is -0.620. The number of nitrogens with zero attached hydrogens (tertiary/aromatic N) is 1. The highest BCUT2D eigenvalue weighted by atomic mass is 32.2. The zero-order valence-corrected chi connectivity index (χ0v) is 11.0. The maximum Gasteiger partial charge on any atom is 0.355 e. The second-order valence-electron chi connectivity index (χ2n) is 5.12. The standard InChI is InChI=1S/C10H18FNO3S/c1-9(2,3)16(15)12-7(8(13)14)10(4,5)6-11/h6H2,1-5H3,(H,13,14)/b12-7-. The van der Waals surface area contributed by atoms with Crippen molar-refractivity contribution in [3.05, 3.63) is 0 Å². The summed E-state index contributed by atoms with van der Waals surface area (Å²) in [5.41, 5.74) is -1.62. The molecule has 1 unspecified atom stereocenters. The predicted molar refractivity (Wildman–Crippen MR) is 62.7 cm³/mol. The molecule has 0 rings (SSSR count). The van der Waals surface area contributed by atoms with E-state index in [2.05, 4.69) is 4.40 Å². The number of hydrogen-bond acceptors (Lipinski definition) is 3. The lowest BCUT2D eigenvalue weighted by molar-refractivity contribution is -0.129. The van der Waals surface area contributed by atoms with Gasteiger partial charge in [0.1, 0.15) is 22.8 Å². The molecule has 0 bridgehead atoms. The Kier molecular flexibility index (Phi) is 4.94. The van der Waals surface area contributed by atoms with Gasteiger partial charge in [-0.15, -0.1) is 0 Å². The van der Waals surface area contributed by atoms with Crippen molar-refractivity contribution in [1.82, 2.24) is 0 Å². The van der Waals surface area contributed by atoms with Crippen LogP contribution < -0.4 is 0 Å². The maximum absolute atomic E-state index is 12.7. The van der Waals surface area contributed by atoms with E-state index in [1.807, 2.05) is 0 Å². The first-order valence-corrected chi connectivity index (χ1v) is 5.93. The fourth-order valence-corrected chi connectivity index (χ4v) is 1.50. The van der Waals surface area contributed by atoms with Crippen LogP contribution in [0.5, 0.6) is 0 Å². The molecule has 0 aliphatic rings. The molecule has 0 saturated carbocycles. The molecule has 6 heteroatoms. The number of hydrogen-bond donors (Lipinski definition) is 1. The van der Waals surface area contributed by atoms with Gasteiger partial charge in [0.25, 0.3) is 0 Å². The highest BCUT2D eigenvalue weighted by molar-refractivity contribution is 7.91. The van der Waals surface area contributed by atoms with Crippen LogP contribution in [0.3, 0.4) is 0 Å². The van der Waals surface area contributed by atoms with Crippen molar-refractivity contribution in [2.24, 2.45) is 9.81 Å². The molecule has 1 atom stereocenters. The second kappa shape index (κ2) is 5.14. The molecule has 16 heavy (non-hydrogen) atoms. The van der Waals surface area contributed by atoms with E-state index in [0.717, 1.165) is 0 Å². The Morgan fingerprint density at radius 3 is 2.06 bits per heavy atom. The van der Waals surface area contributed by atoms with E-state index in [0.29, 0.717) is 0 Å². The van der Waals surface area contributed by atoms with Gasteiger partial charge in [0.2, 0.25) is 0 Å². The summed E-state index contributed by atoms with van der Waals surface area (Å²) < 4.78 is 27.3. The fraction of sp³-hybridized carbons (Fsp3) is 0.800. The third-order valence-electron chi connectivity index (χ3n) is 1.88. The van der Waals surface area contributed by atoms with Gasteiger partial charge in [0.15, 0.2) is 5.71 Å². The fourth-order valence-electron chi connectivity index (χ4n) is 0.735. The van der Waals surface area contributed by atoms with E-state index in [4.69, 9.17) is 5.11 Å². The van der Waals surface area contributed by atoms with Crippen LogP contribution in [0.4, 0.5) is 4.39 Å². The lowest BCUT2D eigenvalue weighted by Crippen LogP contribution is -2.36. The molecule has 0 radical (unpaired) electrons. The molecule has 4 nitrogen and oxygen atoms in total. The van der Waals surface area contributed by atoms with Crippen LogP contribution in [-0.4, -0.2) is 32.8 Å². The van der Waals surface area contributed by atoms with Gasteiger partial charge in [-0.05, 0) is 20.8 Å². The third-order valence-corrected chi connectivity index (χ3v) is 3.27. The SMILES string of the molecule is CC(C)(CF)/C(=N\[S+]([O-])C(C)(C)C)C(=O)O. The number of halogens is 1. The quantitative estimate of drug-likeness (QED) is 0.613. The minimum absolute atomic E-state index is 0.386. The highest BCUT2D eigenvalue weighted by Crippen LogP contribution is 2.23.